The molecule has 0 saturated carbocycles. The molecule has 0 unspecified atom stereocenters. The summed E-state index contributed by atoms with van der Waals surface area (Å²) < 4.78 is 0. The Morgan fingerprint density at radius 1 is 1.00 bits per heavy atom. The van der Waals surface area contributed by atoms with E-state index in [0.29, 0.717) is 5.95 Å². The molecule has 6 nitrogen and oxygen atoms in total. The van der Waals surface area contributed by atoms with E-state index in [-0.39, 0.29) is 0 Å². The van der Waals surface area contributed by atoms with Gasteiger partial charge in [-0.1, -0.05) is 24.3 Å². The standard InChI is InChI=1S/C22H18N6S/c1-2-5-18-16(4-1)15(12-26-18)7-8-25-22-27-13-17(19-14-23-9-10-24-19)21(28-22)20-6-3-11-29-20/h1-6,9-14,26H,7-8H2,(H,25,27,28). The highest BCUT2D eigenvalue weighted by Crippen LogP contribution is 2.32. The highest BCUT2D eigenvalue weighted by atomic mass is 32.1. The Balaban J connectivity index is 1.39. The first-order valence-electron chi connectivity index (χ1n) is 9.34. The van der Waals surface area contributed by atoms with Crippen LogP contribution >= 0.6 is 11.3 Å². The molecule has 2 N–H and O–H groups in total. The summed E-state index contributed by atoms with van der Waals surface area (Å²) >= 11 is 1.65. The van der Waals surface area contributed by atoms with E-state index in [4.69, 9.17) is 4.98 Å². The molecule has 4 heterocycles. The van der Waals surface area contributed by atoms with Gasteiger partial charge in [-0.05, 0) is 29.5 Å². The lowest BCUT2D eigenvalue weighted by Crippen LogP contribution is -2.08. The molecule has 5 rings (SSSR count). The SMILES string of the molecule is c1csc(-c2nc(NCCc3c[nH]c4ccccc34)ncc2-c2cnccn2)c1. The number of hydrogen-bond donors (Lipinski definition) is 2. The Bertz CT molecular complexity index is 1230. The number of nitrogens with one attached hydrogen (secondary N) is 2. The first kappa shape index (κ1) is 17.5. The van der Waals surface area contributed by atoms with E-state index < -0.39 is 0 Å². The molecule has 0 aliphatic rings. The molecule has 1 aromatic carbocycles. The summed E-state index contributed by atoms with van der Waals surface area (Å²) in [5.41, 5.74) is 4.95. The minimum atomic E-state index is 0.612. The zero-order valence-electron chi connectivity index (χ0n) is 15.5. The maximum atomic E-state index is 4.79. The summed E-state index contributed by atoms with van der Waals surface area (Å²) in [6, 6.07) is 12.4. The number of rotatable bonds is 6. The van der Waals surface area contributed by atoms with Crippen LogP contribution in [-0.4, -0.2) is 31.5 Å². The van der Waals surface area contributed by atoms with Gasteiger partial charge in [0.2, 0.25) is 5.95 Å². The van der Waals surface area contributed by atoms with Gasteiger partial charge in [-0.3, -0.25) is 9.97 Å². The highest BCUT2D eigenvalue weighted by molar-refractivity contribution is 7.13. The van der Waals surface area contributed by atoms with Crippen molar-refractivity contribution >= 4 is 28.2 Å². The minimum Gasteiger partial charge on any atom is -0.361 e. The maximum Gasteiger partial charge on any atom is 0.223 e. The predicted molar refractivity (Wildman–Crippen MR) is 117 cm³/mol. The van der Waals surface area contributed by atoms with Crippen molar-refractivity contribution < 1.29 is 0 Å². The second-order valence-corrected chi connectivity index (χ2v) is 7.51. The van der Waals surface area contributed by atoms with Crippen molar-refractivity contribution in [2.45, 2.75) is 6.42 Å². The Hall–Kier alpha value is -3.58. The van der Waals surface area contributed by atoms with E-state index in [2.05, 4.69) is 55.7 Å². The van der Waals surface area contributed by atoms with Crippen molar-refractivity contribution in [3.8, 4) is 21.8 Å². The largest absolute Gasteiger partial charge is 0.361 e. The van der Waals surface area contributed by atoms with Gasteiger partial charge in [0.25, 0.3) is 0 Å². The second-order valence-electron chi connectivity index (χ2n) is 6.56. The number of aromatic amines is 1. The number of aromatic nitrogens is 5. The van der Waals surface area contributed by atoms with Crippen LogP contribution in [0.5, 0.6) is 0 Å². The smallest absolute Gasteiger partial charge is 0.223 e. The molecular formula is C22H18N6S. The van der Waals surface area contributed by atoms with E-state index in [9.17, 15) is 0 Å². The first-order chi connectivity index (χ1) is 14.4. The van der Waals surface area contributed by atoms with Gasteiger partial charge >= 0.3 is 0 Å². The molecule has 0 spiro atoms. The van der Waals surface area contributed by atoms with E-state index >= 15 is 0 Å². The van der Waals surface area contributed by atoms with Crippen LogP contribution in [0.1, 0.15) is 5.56 Å². The Morgan fingerprint density at radius 3 is 2.83 bits per heavy atom. The van der Waals surface area contributed by atoms with Crippen molar-refractivity contribution in [3.05, 3.63) is 78.3 Å². The highest BCUT2D eigenvalue weighted by Gasteiger charge is 2.13. The van der Waals surface area contributed by atoms with Crippen molar-refractivity contribution in [1.82, 2.24) is 24.9 Å². The number of hydrogen-bond acceptors (Lipinski definition) is 6. The molecule has 0 radical (unpaired) electrons. The molecule has 5 aromatic rings. The fourth-order valence-corrected chi connectivity index (χ4v) is 4.07. The summed E-state index contributed by atoms with van der Waals surface area (Å²) in [7, 11) is 0. The Morgan fingerprint density at radius 2 is 1.97 bits per heavy atom. The minimum absolute atomic E-state index is 0.612. The molecule has 7 heteroatoms. The summed E-state index contributed by atoms with van der Waals surface area (Å²) in [6.45, 7) is 0.746. The van der Waals surface area contributed by atoms with Crippen molar-refractivity contribution in [2.24, 2.45) is 0 Å². The lowest BCUT2D eigenvalue weighted by molar-refractivity contribution is 0.991. The normalized spacial score (nSPS) is 11.0. The van der Waals surface area contributed by atoms with Crippen LogP contribution in [-0.2, 0) is 6.42 Å². The number of fused-ring (bicyclic) bond motifs is 1. The van der Waals surface area contributed by atoms with Crippen LogP contribution < -0.4 is 5.32 Å². The zero-order chi connectivity index (χ0) is 19.5. The summed E-state index contributed by atoms with van der Waals surface area (Å²) in [5, 5.41) is 6.66. The van der Waals surface area contributed by atoms with Gasteiger partial charge in [0, 0.05) is 47.8 Å². The van der Waals surface area contributed by atoms with Gasteiger partial charge < -0.3 is 10.3 Å². The predicted octanol–water partition coefficient (Wildman–Crippen LogP) is 4.80. The fraction of sp³-hybridized carbons (Fsp3) is 0.0909. The van der Waals surface area contributed by atoms with Gasteiger partial charge in [-0.15, -0.1) is 11.3 Å². The molecule has 4 aromatic heterocycles. The van der Waals surface area contributed by atoms with Crippen molar-refractivity contribution in [1.29, 1.82) is 0 Å². The van der Waals surface area contributed by atoms with Crippen LogP contribution in [0.4, 0.5) is 5.95 Å². The molecule has 0 aliphatic heterocycles. The number of thiophene rings is 1. The van der Waals surface area contributed by atoms with Crippen molar-refractivity contribution in [2.75, 3.05) is 11.9 Å². The summed E-state index contributed by atoms with van der Waals surface area (Å²) in [6.07, 6.45) is 9.85. The van der Waals surface area contributed by atoms with E-state index in [1.165, 1.54) is 10.9 Å². The van der Waals surface area contributed by atoms with E-state index in [0.717, 1.165) is 40.3 Å². The van der Waals surface area contributed by atoms with Crippen LogP contribution in [0.3, 0.4) is 0 Å². The lowest BCUT2D eigenvalue weighted by atomic mass is 10.1. The lowest BCUT2D eigenvalue weighted by Gasteiger charge is -2.10. The molecule has 0 aliphatic carbocycles. The molecule has 0 saturated heterocycles. The average molecular weight is 398 g/mol. The van der Waals surface area contributed by atoms with Gasteiger partial charge in [-0.2, -0.15) is 0 Å². The fourth-order valence-electron chi connectivity index (χ4n) is 3.34. The molecule has 0 bridgehead atoms. The topological polar surface area (TPSA) is 79.4 Å². The third-order valence-corrected chi connectivity index (χ3v) is 5.61. The monoisotopic (exact) mass is 398 g/mol. The Labute approximate surface area is 171 Å². The first-order valence-corrected chi connectivity index (χ1v) is 10.2. The van der Waals surface area contributed by atoms with Crippen LogP contribution in [0.2, 0.25) is 0 Å². The number of anilines is 1. The number of para-hydroxylation sites is 1. The molecule has 0 amide bonds. The van der Waals surface area contributed by atoms with Crippen LogP contribution in [0.25, 0.3) is 32.7 Å². The zero-order valence-corrected chi connectivity index (χ0v) is 16.4. The molecule has 0 fully saturated rings. The maximum absolute atomic E-state index is 4.79. The number of H-pyrrole nitrogens is 1. The van der Waals surface area contributed by atoms with Gasteiger partial charge in [-0.25, -0.2) is 9.97 Å². The van der Waals surface area contributed by atoms with Gasteiger partial charge in [0.05, 0.1) is 22.5 Å². The van der Waals surface area contributed by atoms with Gasteiger partial charge in [0.15, 0.2) is 0 Å². The van der Waals surface area contributed by atoms with Crippen molar-refractivity contribution in [3.63, 3.8) is 0 Å². The third-order valence-electron chi connectivity index (χ3n) is 4.73. The Kier molecular flexibility index (Phi) is 4.72. The summed E-state index contributed by atoms with van der Waals surface area (Å²) in [4.78, 5) is 22.3. The molecular weight excluding hydrogens is 380 g/mol. The van der Waals surface area contributed by atoms with Gasteiger partial charge in [0.1, 0.15) is 0 Å². The second kappa shape index (κ2) is 7.81. The number of nitrogens with zero attached hydrogens (tertiary/aromatic N) is 4. The van der Waals surface area contributed by atoms with Crippen LogP contribution in [0.15, 0.2) is 72.8 Å². The quantitative estimate of drug-likeness (QED) is 0.430. The van der Waals surface area contributed by atoms with E-state index in [1.54, 1.807) is 29.9 Å². The molecule has 0 atom stereocenters. The number of benzene rings is 1. The third kappa shape index (κ3) is 3.60. The van der Waals surface area contributed by atoms with E-state index in [1.807, 2.05) is 23.7 Å². The molecule has 142 valence electrons. The average Bonchev–Trinajstić information content (AvgIpc) is 3.45. The van der Waals surface area contributed by atoms with Crippen LogP contribution in [0, 0.1) is 0 Å². The summed E-state index contributed by atoms with van der Waals surface area (Å²) in [5.74, 6) is 0.612. The molecule has 29 heavy (non-hydrogen) atoms.